The van der Waals surface area contributed by atoms with Gasteiger partial charge in [-0.15, -0.1) is 0 Å². The molecule has 0 fully saturated rings. The number of thiazole rings is 1. The van der Waals surface area contributed by atoms with Gasteiger partial charge in [-0.25, -0.2) is 9.37 Å². The number of nitrogens with zero attached hydrogens (tertiary/aromatic N) is 1. The first-order valence-electron chi connectivity index (χ1n) is 5.72. The number of rotatable bonds is 2. The van der Waals surface area contributed by atoms with E-state index in [1.54, 1.807) is 6.07 Å². The largest absolute Gasteiger partial charge is 0.330 e. The van der Waals surface area contributed by atoms with Crippen LogP contribution in [0.3, 0.4) is 0 Å². The first-order valence-corrected chi connectivity index (χ1v) is 6.91. The minimum Gasteiger partial charge on any atom is -0.330 e. The Balaban J connectivity index is 2.01. The summed E-state index contributed by atoms with van der Waals surface area (Å²) in [6.07, 6.45) is 0. The number of hydrogen-bond acceptors (Lipinski definition) is 3. The zero-order valence-electron chi connectivity index (χ0n) is 10.1. The standard InChI is InChI=1S/C14H10ClFN2S/c1-8-3-2-4-10(15)13(8)18-14-17-11-6-5-9(16)7-12(11)19-14/h2-7H,1H3,(H,17,18). The van der Waals surface area contributed by atoms with E-state index >= 15 is 0 Å². The lowest BCUT2D eigenvalue weighted by atomic mass is 10.2. The first-order chi connectivity index (χ1) is 9.13. The maximum absolute atomic E-state index is 13.1. The summed E-state index contributed by atoms with van der Waals surface area (Å²) in [5, 5.41) is 4.55. The number of fused-ring (bicyclic) bond motifs is 1. The highest BCUT2D eigenvalue weighted by Gasteiger charge is 2.08. The molecule has 0 spiro atoms. The quantitative estimate of drug-likeness (QED) is 0.707. The molecule has 0 saturated heterocycles. The van der Waals surface area contributed by atoms with Gasteiger partial charge in [-0.2, -0.15) is 0 Å². The van der Waals surface area contributed by atoms with Crippen LogP contribution in [0.25, 0.3) is 10.2 Å². The van der Waals surface area contributed by atoms with Crippen LogP contribution >= 0.6 is 22.9 Å². The molecule has 0 atom stereocenters. The van der Waals surface area contributed by atoms with Gasteiger partial charge >= 0.3 is 0 Å². The zero-order valence-corrected chi connectivity index (χ0v) is 11.6. The SMILES string of the molecule is Cc1cccc(Cl)c1Nc1nc2ccc(F)cc2s1. The second-order valence-corrected chi connectivity index (χ2v) is 5.63. The third-order valence-electron chi connectivity index (χ3n) is 2.80. The summed E-state index contributed by atoms with van der Waals surface area (Å²) in [7, 11) is 0. The maximum Gasteiger partial charge on any atom is 0.188 e. The van der Waals surface area contributed by atoms with E-state index in [9.17, 15) is 4.39 Å². The Morgan fingerprint density at radius 2 is 2.11 bits per heavy atom. The van der Waals surface area contributed by atoms with Crippen molar-refractivity contribution in [1.82, 2.24) is 4.98 Å². The summed E-state index contributed by atoms with van der Waals surface area (Å²) in [6.45, 7) is 1.97. The summed E-state index contributed by atoms with van der Waals surface area (Å²) in [6, 6.07) is 10.3. The topological polar surface area (TPSA) is 24.9 Å². The molecule has 1 N–H and O–H groups in total. The van der Waals surface area contributed by atoms with Crippen LogP contribution in [0.1, 0.15) is 5.56 Å². The smallest absolute Gasteiger partial charge is 0.188 e. The molecule has 5 heteroatoms. The summed E-state index contributed by atoms with van der Waals surface area (Å²) in [5.74, 6) is -0.253. The van der Waals surface area contributed by atoms with Gasteiger partial charge in [-0.05, 0) is 36.8 Å². The Bertz CT molecular complexity index is 734. The van der Waals surface area contributed by atoms with Crippen molar-refractivity contribution >= 4 is 44.0 Å². The fourth-order valence-corrected chi connectivity index (χ4v) is 3.01. The number of nitrogens with one attached hydrogen (secondary N) is 1. The van der Waals surface area contributed by atoms with Crippen LogP contribution < -0.4 is 5.32 Å². The Kier molecular flexibility index (Phi) is 3.12. The molecule has 19 heavy (non-hydrogen) atoms. The van der Waals surface area contributed by atoms with Crippen LogP contribution in [0.15, 0.2) is 36.4 Å². The second-order valence-electron chi connectivity index (χ2n) is 4.19. The molecule has 96 valence electrons. The molecular weight excluding hydrogens is 283 g/mol. The van der Waals surface area contributed by atoms with Gasteiger partial charge < -0.3 is 5.32 Å². The highest BCUT2D eigenvalue weighted by molar-refractivity contribution is 7.22. The van der Waals surface area contributed by atoms with E-state index in [1.165, 1.54) is 23.5 Å². The minimum absolute atomic E-state index is 0.253. The summed E-state index contributed by atoms with van der Waals surface area (Å²) < 4.78 is 14.0. The lowest BCUT2D eigenvalue weighted by Crippen LogP contribution is -1.93. The molecule has 1 aromatic heterocycles. The van der Waals surface area contributed by atoms with Gasteiger partial charge in [0, 0.05) is 0 Å². The molecule has 2 aromatic carbocycles. The van der Waals surface area contributed by atoms with E-state index in [4.69, 9.17) is 11.6 Å². The lowest BCUT2D eigenvalue weighted by molar-refractivity contribution is 0.630. The van der Waals surface area contributed by atoms with Gasteiger partial charge in [-0.1, -0.05) is 35.1 Å². The van der Waals surface area contributed by atoms with Crippen LogP contribution in [0.4, 0.5) is 15.2 Å². The van der Waals surface area contributed by atoms with Crippen molar-refractivity contribution < 1.29 is 4.39 Å². The van der Waals surface area contributed by atoms with E-state index in [-0.39, 0.29) is 5.82 Å². The minimum atomic E-state index is -0.253. The number of benzene rings is 2. The summed E-state index contributed by atoms with van der Waals surface area (Å²) >= 11 is 7.56. The highest BCUT2D eigenvalue weighted by atomic mass is 35.5. The highest BCUT2D eigenvalue weighted by Crippen LogP contribution is 2.33. The van der Waals surface area contributed by atoms with Gasteiger partial charge in [0.25, 0.3) is 0 Å². The average molecular weight is 293 g/mol. The molecule has 0 amide bonds. The molecule has 3 aromatic rings. The number of aryl methyl sites for hydroxylation is 1. The van der Waals surface area contributed by atoms with Crippen molar-refractivity contribution in [1.29, 1.82) is 0 Å². The van der Waals surface area contributed by atoms with Crippen molar-refractivity contribution in [2.24, 2.45) is 0 Å². The number of hydrogen-bond donors (Lipinski definition) is 1. The van der Waals surface area contributed by atoms with E-state index < -0.39 is 0 Å². The van der Waals surface area contributed by atoms with Gasteiger partial charge in [-0.3, -0.25) is 0 Å². The molecule has 0 aliphatic heterocycles. The van der Waals surface area contributed by atoms with E-state index in [0.29, 0.717) is 10.2 Å². The molecule has 0 bridgehead atoms. The molecule has 0 unspecified atom stereocenters. The predicted octanol–water partition coefficient (Wildman–Crippen LogP) is 5.14. The second kappa shape index (κ2) is 4.79. The van der Waals surface area contributed by atoms with Gasteiger partial charge in [0.1, 0.15) is 5.82 Å². The number of para-hydroxylation sites is 1. The first kappa shape index (κ1) is 12.4. The van der Waals surface area contributed by atoms with E-state index in [0.717, 1.165) is 21.5 Å². The van der Waals surface area contributed by atoms with Gasteiger partial charge in [0.05, 0.1) is 20.9 Å². The molecule has 2 nitrogen and oxygen atoms in total. The molecule has 3 rings (SSSR count). The Morgan fingerprint density at radius 3 is 2.89 bits per heavy atom. The maximum atomic E-state index is 13.1. The van der Waals surface area contributed by atoms with Crippen molar-refractivity contribution in [2.75, 3.05) is 5.32 Å². The predicted molar refractivity (Wildman–Crippen MR) is 79.0 cm³/mol. The van der Waals surface area contributed by atoms with Crippen LogP contribution in [0.5, 0.6) is 0 Å². The molecule has 0 saturated carbocycles. The molecule has 0 radical (unpaired) electrons. The van der Waals surface area contributed by atoms with Crippen LogP contribution in [-0.2, 0) is 0 Å². The molecule has 0 aliphatic rings. The number of anilines is 2. The van der Waals surface area contributed by atoms with Gasteiger partial charge in [0.2, 0.25) is 0 Å². The molecule has 0 aliphatic carbocycles. The molecular formula is C14H10ClFN2S. The third kappa shape index (κ3) is 2.41. The number of halogens is 2. The zero-order chi connectivity index (χ0) is 13.4. The van der Waals surface area contributed by atoms with Crippen LogP contribution in [-0.4, -0.2) is 4.98 Å². The Hall–Kier alpha value is -1.65. The summed E-state index contributed by atoms with van der Waals surface area (Å²) in [4.78, 5) is 4.41. The average Bonchev–Trinajstić information content (AvgIpc) is 2.75. The monoisotopic (exact) mass is 292 g/mol. The summed E-state index contributed by atoms with van der Waals surface area (Å²) in [5.41, 5.74) is 2.65. The van der Waals surface area contributed by atoms with E-state index in [1.807, 2.05) is 25.1 Å². The van der Waals surface area contributed by atoms with Crippen molar-refractivity contribution in [3.8, 4) is 0 Å². The van der Waals surface area contributed by atoms with Crippen molar-refractivity contribution in [3.05, 3.63) is 52.8 Å². The third-order valence-corrected chi connectivity index (χ3v) is 4.05. The molecule has 1 heterocycles. The lowest BCUT2D eigenvalue weighted by Gasteiger charge is -2.08. The number of aromatic nitrogens is 1. The fraction of sp³-hybridized carbons (Fsp3) is 0.0714. The van der Waals surface area contributed by atoms with E-state index in [2.05, 4.69) is 10.3 Å². The Morgan fingerprint density at radius 1 is 1.26 bits per heavy atom. The van der Waals surface area contributed by atoms with Crippen LogP contribution in [0, 0.1) is 12.7 Å². The van der Waals surface area contributed by atoms with Gasteiger partial charge in [0.15, 0.2) is 5.13 Å². The fourth-order valence-electron chi connectivity index (χ4n) is 1.85. The normalized spacial score (nSPS) is 10.9. The van der Waals surface area contributed by atoms with Crippen LogP contribution in [0.2, 0.25) is 5.02 Å². The Labute approximate surface area is 118 Å². The van der Waals surface area contributed by atoms with Crippen molar-refractivity contribution in [3.63, 3.8) is 0 Å². The van der Waals surface area contributed by atoms with Crippen molar-refractivity contribution in [2.45, 2.75) is 6.92 Å².